The van der Waals surface area contributed by atoms with Crippen LogP contribution < -0.4 is 11.6 Å². The van der Waals surface area contributed by atoms with Crippen molar-refractivity contribution >= 4 is 5.95 Å². The Hall–Kier alpha value is -1.26. The third kappa shape index (κ3) is 0.840. The van der Waals surface area contributed by atoms with Gasteiger partial charge in [0.25, 0.3) is 0 Å². The highest BCUT2D eigenvalue weighted by Crippen LogP contribution is 2.34. The van der Waals surface area contributed by atoms with Gasteiger partial charge in [-0.25, -0.2) is 4.68 Å². The molecule has 1 aliphatic rings. The molecule has 0 bridgehead atoms. The van der Waals surface area contributed by atoms with Crippen LogP contribution in [-0.2, 0) is 0 Å². The number of rotatable bonds is 1. The summed E-state index contributed by atoms with van der Waals surface area (Å²) in [5.74, 6) is 7.20. The van der Waals surface area contributed by atoms with E-state index in [-0.39, 0.29) is 0 Å². The van der Waals surface area contributed by atoms with Gasteiger partial charge in [0.15, 0.2) is 5.82 Å². The third-order valence-electron chi connectivity index (χ3n) is 2.22. The maximum atomic E-state index is 5.58. The Bertz CT molecular complexity index is 262. The molecular formula is C6H11N5. The lowest BCUT2D eigenvalue weighted by atomic mass is 9.85. The highest BCUT2D eigenvalue weighted by molar-refractivity contribution is 5.19. The zero-order chi connectivity index (χ0) is 7.84. The largest absolute Gasteiger partial charge is 0.366 e. The van der Waals surface area contributed by atoms with Crippen molar-refractivity contribution in [2.75, 3.05) is 11.6 Å². The summed E-state index contributed by atoms with van der Waals surface area (Å²) in [5, 5.41) is 7.59. The topological polar surface area (TPSA) is 82.8 Å². The Labute approximate surface area is 64.4 Å². The van der Waals surface area contributed by atoms with Crippen molar-refractivity contribution < 1.29 is 0 Å². The summed E-state index contributed by atoms with van der Waals surface area (Å²) >= 11 is 0. The fourth-order valence-corrected chi connectivity index (χ4v) is 1.26. The molecule has 0 atom stereocenters. The second-order valence-electron chi connectivity index (χ2n) is 2.91. The number of nitrogens with two attached hydrogens (primary N) is 2. The van der Waals surface area contributed by atoms with Gasteiger partial charge < -0.3 is 11.6 Å². The quantitative estimate of drug-likeness (QED) is 0.549. The summed E-state index contributed by atoms with van der Waals surface area (Å²) in [6.45, 7) is 0. The SMILES string of the molecule is Nc1nnc(C2CCC2)n1N. The fraction of sp³-hybridized carbons (Fsp3) is 0.667. The van der Waals surface area contributed by atoms with Crippen molar-refractivity contribution in [1.82, 2.24) is 14.9 Å². The second kappa shape index (κ2) is 2.11. The molecule has 4 N–H and O–H groups in total. The molecule has 1 heterocycles. The van der Waals surface area contributed by atoms with Crippen LogP contribution in [0.3, 0.4) is 0 Å². The highest BCUT2D eigenvalue weighted by Gasteiger charge is 2.25. The van der Waals surface area contributed by atoms with E-state index in [2.05, 4.69) is 10.2 Å². The number of hydrogen-bond acceptors (Lipinski definition) is 4. The first-order chi connectivity index (χ1) is 5.29. The Morgan fingerprint density at radius 1 is 1.36 bits per heavy atom. The first-order valence-corrected chi connectivity index (χ1v) is 3.75. The van der Waals surface area contributed by atoms with Gasteiger partial charge in [-0.1, -0.05) is 6.42 Å². The number of hydrogen-bond donors (Lipinski definition) is 2. The Morgan fingerprint density at radius 2 is 2.09 bits per heavy atom. The van der Waals surface area contributed by atoms with Gasteiger partial charge in [-0.05, 0) is 12.8 Å². The molecular weight excluding hydrogens is 142 g/mol. The lowest BCUT2D eigenvalue weighted by molar-refractivity contribution is 0.395. The molecule has 5 nitrogen and oxygen atoms in total. The third-order valence-corrected chi connectivity index (χ3v) is 2.22. The van der Waals surface area contributed by atoms with E-state index in [1.54, 1.807) is 0 Å². The minimum atomic E-state index is 0.298. The monoisotopic (exact) mass is 153 g/mol. The molecule has 1 aliphatic carbocycles. The van der Waals surface area contributed by atoms with Crippen LogP contribution in [0.4, 0.5) is 5.95 Å². The van der Waals surface area contributed by atoms with Gasteiger partial charge in [-0.2, -0.15) is 0 Å². The summed E-state index contributed by atoms with van der Waals surface area (Å²) in [7, 11) is 0. The van der Waals surface area contributed by atoms with Gasteiger partial charge in [-0.15, -0.1) is 10.2 Å². The number of aromatic nitrogens is 3. The van der Waals surface area contributed by atoms with E-state index < -0.39 is 0 Å². The maximum absolute atomic E-state index is 5.58. The first kappa shape index (κ1) is 6.45. The molecule has 60 valence electrons. The molecule has 1 fully saturated rings. The van der Waals surface area contributed by atoms with Crippen LogP contribution in [0.2, 0.25) is 0 Å². The van der Waals surface area contributed by atoms with Crippen molar-refractivity contribution in [3.05, 3.63) is 5.82 Å². The van der Waals surface area contributed by atoms with Gasteiger partial charge in [0.2, 0.25) is 5.95 Å². The molecule has 1 aromatic rings. The van der Waals surface area contributed by atoms with Crippen LogP contribution in [-0.4, -0.2) is 14.9 Å². The lowest BCUT2D eigenvalue weighted by Crippen LogP contribution is -2.21. The zero-order valence-electron chi connectivity index (χ0n) is 6.20. The number of anilines is 1. The van der Waals surface area contributed by atoms with Gasteiger partial charge in [-0.3, -0.25) is 0 Å². The molecule has 1 saturated carbocycles. The molecule has 5 heteroatoms. The Balaban J connectivity index is 2.29. The van der Waals surface area contributed by atoms with E-state index in [0.29, 0.717) is 11.9 Å². The van der Waals surface area contributed by atoms with Crippen molar-refractivity contribution in [3.8, 4) is 0 Å². The number of nitrogens with zero attached hydrogens (tertiary/aromatic N) is 3. The maximum Gasteiger partial charge on any atom is 0.240 e. The standard InChI is InChI=1S/C6H11N5/c7-6-10-9-5(11(6)8)4-2-1-3-4/h4H,1-3,8H2,(H2,7,10). The van der Waals surface area contributed by atoms with Crippen LogP contribution in [0, 0.1) is 0 Å². The fourth-order valence-electron chi connectivity index (χ4n) is 1.26. The first-order valence-electron chi connectivity index (χ1n) is 3.75. The van der Waals surface area contributed by atoms with Crippen molar-refractivity contribution in [3.63, 3.8) is 0 Å². The Kier molecular flexibility index (Phi) is 1.24. The van der Waals surface area contributed by atoms with Crippen LogP contribution in [0.5, 0.6) is 0 Å². The molecule has 2 rings (SSSR count). The Morgan fingerprint density at radius 3 is 2.45 bits per heavy atom. The summed E-state index contributed by atoms with van der Waals surface area (Å²) in [4.78, 5) is 0. The molecule has 0 saturated heterocycles. The van der Waals surface area contributed by atoms with Crippen molar-refractivity contribution in [1.29, 1.82) is 0 Å². The average Bonchev–Trinajstić information content (AvgIpc) is 2.15. The molecule has 0 aliphatic heterocycles. The number of nitrogen functional groups attached to an aromatic ring is 2. The molecule has 0 aromatic carbocycles. The second-order valence-corrected chi connectivity index (χ2v) is 2.91. The molecule has 1 aromatic heterocycles. The molecule has 0 unspecified atom stereocenters. The van der Waals surface area contributed by atoms with Crippen molar-refractivity contribution in [2.24, 2.45) is 0 Å². The van der Waals surface area contributed by atoms with E-state index in [4.69, 9.17) is 11.6 Å². The van der Waals surface area contributed by atoms with E-state index in [0.717, 1.165) is 18.7 Å². The summed E-state index contributed by atoms with van der Waals surface area (Å²) in [6.07, 6.45) is 3.59. The average molecular weight is 153 g/mol. The summed E-state index contributed by atoms with van der Waals surface area (Å²) in [6, 6.07) is 0. The minimum Gasteiger partial charge on any atom is -0.366 e. The van der Waals surface area contributed by atoms with Gasteiger partial charge in [0.1, 0.15) is 0 Å². The minimum absolute atomic E-state index is 0.298. The summed E-state index contributed by atoms with van der Waals surface area (Å²) < 4.78 is 1.38. The van der Waals surface area contributed by atoms with Crippen molar-refractivity contribution in [2.45, 2.75) is 25.2 Å². The van der Waals surface area contributed by atoms with E-state index in [1.807, 2.05) is 0 Å². The molecule has 0 radical (unpaired) electrons. The normalized spacial score (nSPS) is 18.2. The molecule has 0 spiro atoms. The predicted octanol–water partition coefficient (Wildman–Crippen LogP) is -0.158. The highest BCUT2D eigenvalue weighted by atomic mass is 15.4. The van der Waals surface area contributed by atoms with Gasteiger partial charge in [0.05, 0.1) is 0 Å². The lowest BCUT2D eigenvalue weighted by Gasteiger charge is -2.23. The van der Waals surface area contributed by atoms with Crippen LogP contribution in [0.15, 0.2) is 0 Å². The van der Waals surface area contributed by atoms with Crippen LogP contribution >= 0.6 is 0 Å². The van der Waals surface area contributed by atoms with Gasteiger partial charge >= 0.3 is 0 Å². The zero-order valence-corrected chi connectivity index (χ0v) is 6.20. The van der Waals surface area contributed by atoms with Gasteiger partial charge in [0, 0.05) is 5.92 Å². The predicted molar refractivity (Wildman–Crippen MR) is 41.2 cm³/mol. The van der Waals surface area contributed by atoms with Crippen LogP contribution in [0.25, 0.3) is 0 Å². The van der Waals surface area contributed by atoms with E-state index in [9.17, 15) is 0 Å². The molecule has 11 heavy (non-hydrogen) atoms. The van der Waals surface area contributed by atoms with Crippen LogP contribution in [0.1, 0.15) is 31.0 Å². The smallest absolute Gasteiger partial charge is 0.240 e. The summed E-state index contributed by atoms with van der Waals surface area (Å²) in [5.41, 5.74) is 5.42. The molecule has 0 amide bonds. The van der Waals surface area contributed by atoms with E-state index in [1.165, 1.54) is 11.1 Å². The van der Waals surface area contributed by atoms with E-state index >= 15 is 0 Å².